The van der Waals surface area contributed by atoms with Crippen molar-refractivity contribution < 1.29 is 14.6 Å². The first-order valence-corrected chi connectivity index (χ1v) is 12.0. The summed E-state index contributed by atoms with van der Waals surface area (Å²) in [7, 11) is 0. The topological polar surface area (TPSA) is 96.4 Å². The van der Waals surface area contributed by atoms with Gasteiger partial charge in [-0.05, 0) is 41.5 Å². The minimum Gasteiger partial charge on any atom is -0.505 e. The number of rotatable bonds is 10. The molecule has 0 aliphatic heterocycles. The monoisotopic (exact) mass is 454 g/mol. The second-order valence-electron chi connectivity index (χ2n) is 9.48. The number of aromatic hydroxyl groups is 1. The number of phenols is 1. The Hall–Kier alpha value is -2.82. The number of hydrogen-bond donors (Lipinski definition) is 3. The number of carbonyl (C=O) groups is 1. The van der Waals surface area contributed by atoms with Crippen LogP contribution in [0, 0.1) is 5.41 Å². The van der Waals surface area contributed by atoms with E-state index in [0.29, 0.717) is 30.8 Å². The lowest BCUT2D eigenvalue weighted by Crippen LogP contribution is -2.13. The van der Waals surface area contributed by atoms with Gasteiger partial charge in [-0.25, -0.2) is 0 Å². The zero-order valence-electron chi connectivity index (χ0n) is 20.9. The van der Waals surface area contributed by atoms with Crippen molar-refractivity contribution in [2.45, 2.75) is 84.5 Å². The first-order valence-electron chi connectivity index (χ1n) is 12.0. The number of nitrogens with one attached hydrogen (secondary N) is 1. The number of carbonyl (C=O) groups excluding carboxylic acids is 1. The summed E-state index contributed by atoms with van der Waals surface area (Å²) in [6.45, 7) is 12.4. The molecule has 0 fully saturated rings. The summed E-state index contributed by atoms with van der Waals surface area (Å²) in [5, 5.41) is 17.3. The van der Waals surface area contributed by atoms with E-state index in [1.807, 2.05) is 45.1 Å². The van der Waals surface area contributed by atoms with E-state index in [9.17, 15) is 9.90 Å². The van der Waals surface area contributed by atoms with Crippen LogP contribution < -0.4 is 5.73 Å². The predicted octanol–water partition coefficient (Wildman–Crippen LogP) is 6.80. The van der Waals surface area contributed by atoms with E-state index in [1.165, 1.54) is 25.7 Å². The maximum atomic E-state index is 11.9. The highest BCUT2D eigenvalue weighted by Gasteiger charge is 2.20. The minimum absolute atomic E-state index is 0.141. The number of anilines is 1. The summed E-state index contributed by atoms with van der Waals surface area (Å²) in [6, 6.07) is 3.68. The predicted molar refractivity (Wildman–Crippen MR) is 139 cm³/mol. The normalized spacial score (nSPS) is 13.0. The Morgan fingerprint density at radius 2 is 1.73 bits per heavy atom. The van der Waals surface area contributed by atoms with Crippen LogP contribution in [0.1, 0.15) is 83.8 Å². The maximum absolute atomic E-state index is 11.9. The number of nitrogen functional groups attached to an aromatic ring is 1. The van der Waals surface area contributed by atoms with Crippen molar-refractivity contribution in [2.24, 2.45) is 0 Å². The minimum atomic E-state index is -0.202. The molecule has 0 radical (unpaired) electrons. The van der Waals surface area contributed by atoms with Crippen LogP contribution in [0.4, 0.5) is 5.69 Å². The van der Waals surface area contributed by atoms with Gasteiger partial charge in [0.25, 0.3) is 0 Å². The van der Waals surface area contributed by atoms with Crippen molar-refractivity contribution in [2.75, 3.05) is 12.3 Å². The van der Waals surface area contributed by atoms with Gasteiger partial charge in [-0.3, -0.25) is 4.79 Å². The lowest BCUT2D eigenvalue weighted by atomic mass is 9.84. The van der Waals surface area contributed by atoms with Crippen LogP contribution in [0.25, 0.3) is 0 Å². The fraction of sp³-hybridized carbons (Fsp3) is 0.500. The third-order valence-electron chi connectivity index (χ3n) is 5.40. The van der Waals surface area contributed by atoms with Crippen molar-refractivity contribution in [3.05, 3.63) is 59.7 Å². The average Bonchev–Trinajstić information content (AvgIpc) is 2.75. The van der Waals surface area contributed by atoms with Crippen molar-refractivity contribution in [3.8, 4) is 5.75 Å². The van der Waals surface area contributed by atoms with Gasteiger partial charge in [0.1, 0.15) is 5.75 Å². The summed E-state index contributed by atoms with van der Waals surface area (Å²) >= 11 is 0. The molecule has 2 rings (SSSR count). The molecule has 0 spiro atoms. The number of aryl methyl sites for hydroxylation is 1. The van der Waals surface area contributed by atoms with Gasteiger partial charge in [0, 0.05) is 12.0 Å². The number of unbranched alkanes of at least 4 members (excludes halogenated alkanes) is 5. The average molecular weight is 455 g/mol. The van der Waals surface area contributed by atoms with Crippen molar-refractivity contribution in [3.63, 3.8) is 0 Å². The smallest absolute Gasteiger partial charge is 0.306 e. The van der Waals surface area contributed by atoms with E-state index >= 15 is 0 Å². The molecular weight excluding hydrogens is 412 g/mol. The summed E-state index contributed by atoms with van der Waals surface area (Å²) < 4.78 is 5.30. The molecular formula is C28H42N2O3. The number of nitrogens with two attached hydrogens (primary N) is 1. The molecule has 0 saturated carbocycles. The molecule has 0 unspecified atom stereocenters. The van der Waals surface area contributed by atoms with Crippen LogP contribution in [-0.4, -0.2) is 23.4 Å². The highest BCUT2D eigenvalue weighted by atomic mass is 16.5. The van der Waals surface area contributed by atoms with Crippen LogP contribution in [0.15, 0.2) is 48.6 Å². The highest BCUT2D eigenvalue weighted by molar-refractivity contribution is 6.08. The van der Waals surface area contributed by atoms with Crippen molar-refractivity contribution in [1.29, 1.82) is 5.41 Å². The third kappa shape index (κ3) is 11.0. The van der Waals surface area contributed by atoms with Gasteiger partial charge < -0.3 is 21.0 Å². The summed E-state index contributed by atoms with van der Waals surface area (Å²) in [5.41, 5.74) is 9.12. The molecule has 182 valence electrons. The van der Waals surface area contributed by atoms with Crippen LogP contribution in [-0.2, 0) is 21.4 Å². The Morgan fingerprint density at radius 1 is 1.09 bits per heavy atom. The zero-order chi connectivity index (χ0) is 24.9. The Labute approximate surface area is 199 Å². The van der Waals surface area contributed by atoms with Crippen molar-refractivity contribution >= 4 is 17.4 Å². The lowest BCUT2D eigenvalue weighted by Gasteiger charge is -2.22. The van der Waals surface area contributed by atoms with E-state index in [2.05, 4.69) is 13.5 Å². The number of hydrogen-bond acceptors (Lipinski definition) is 5. The molecule has 1 aliphatic carbocycles. The quantitative estimate of drug-likeness (QED) is 0.157. The molecule has 0 bridgehead atoms. The van der Waals surface area contributed by atoms with E-state index in [-0.39, 0.29) is 17.1 Å². The molecule has 5 nitrogen and oxygen atoms in total. The van der Waals surface area contributed by atoms with Gasteiger partial charge in [-0.1, -0.05) is 90.7 Å². The summed E-state index contributed by atoms with van der Waals surface area (Å²) in [5.74, 6) is -0.0283. The molecule has 0 aromatic heterocycles. The van der Waals surface area contributed by atoms with E-state index < -0.39 is 0 Å². The maximum Gasteiger partial charge on any atom is 0.306 e. The Bertz CT molecular complexity index is 839. The van der Waals surface area contributed by atoms with Crippen LogP contribution in [0.3, 0.4) is 0 Å². The standard InChI is InChI=1S/C21H35NO3.C7H7N/c1-5-6-7-8-9-10-13-25-19(23)12-11-16-14-17(21(2,3)4)20(24)18(22)15-16;1-6-4-2-3-5-7(6)8/h14-15,24H,5-13,22H2,1-4H3;2-5,8H,1H2. The van der Waals surface area contributed by atoms with Gasteiger partial charge in [0.2, 0.25) is 0 Å². The number of benzene rings is 1. The lowest BCUT2D eigenvalue weighted by molar-refractivity contribution is -0.143. The number of ether oxygens (including phenoxy) is 1. The van der Waals surface area contributed by atoms with Crippen LogP contribution >= 0.6 is 0 Å². The second kappa shape index (κ2) is 14.4. The highest BCUT2D eigenvalue weighted by Crippen LogP contribution is 2.36. The van der Waals surface area contributed by atoms with Gasteiger partial charge in [-0.2, -0.15) is 0 Å². The number of esters is 1. The Balaban J connectivity index is 0.000000568. The SMILES string of the molecule is C=C1C=CC=CC1=N.CCCCCCCCOC(=O)CCc1cc(N)c(O)c(C(C)(C)C)c1. The number of phenolic OH excluding ortho intramolecular Hbond substituents is 1. The fourth-order valence-electron chi connectivity index (χ4n) is 3.34. The molecule has 0 heterocycles. The Kier molecular flexibility index (Phi) is 12.3. The molecule has 1 aliphatic rings. The van der Waals surface area contributed by atoms with Gasteiger partial charge >= 0.3 is 5.97 Å². The summed E-state index contributed by atoms with van der Waals surface area (Å²) in [6.07, 6.45) is 15.2. The molecule has 1 aromatic carbocycles. The first kappa shape index (κ1) is 28.2. The molecule has 4 N–H and O–H groups in total. The second-order valence-corrected chi connectivity index (χ2v) is 9.48. The molecule has 0 atom stereocenters. The molecule has 33 heavy (non-hydrogen) atoms. The van der Waals surface area contributed by atoms with Crippen molar-refractivity contribution in [1.82, 2.24) is 0 Å². The molecule has 1 aromatic rings. The molecule has 0 saturated heterocycles. The van der Waals surface area contributed by atoms with Gasteiger partial charge in [-0.15, -0.1) is 0 Å². The van der Waals surface area contributed by atoms with Crippen LogP contribution in [0.2, 0.25) is 0 Å². The zero-order valence-corrected chi connectivity index (χ0v) is 20.9. The fourth-order valence-corrected chi connectivity index (χ4v) is 3.34. The van der Waals surface area contributed by atoms with E-state index in [4.69, 9.17) is 15.9 Å². The number of allylic oxidation sites excluding steroid dienone is 5. The summed E-state index contributed by atoms with van der Waals surface area (Å²) in [4.78, 5) is 11.9. The van der Waals surface area contributed by atoms with E-state index in [0.717, 1.165) is 29.5 Å². The molecule has 5 heteroatoms. The van der Waals surface area contributed by atoms with Gasteiger partial charge in [0.05, 0.1) is 18.0 Å². The Morgan fingerprint density at radius 3 is 2.30 bits per heavy atom. The first-order chi connectivity index (χ1) is 15.6. The third-order valence-corrected chi connectivity index (χ3v) is 5.40. The molecule has 0 amide bonds. The van der Waals surface area contributed by atoms with Gasteiger partial charge in [0.15, 0.2) is 0 Å². The van der Waals surface area contributed by atoms with E-state index in [1.54, 1.807) is 12.1 Å². The largest absolute Gasteiger partial charge is 0.505 e. The van der Waals surface area contributed by atoms with Crippen LogP contribution in [0.5, 0.6) is 5.75 Å².